The molecule has 1 aromatic carbocycles. The lowest BCUT2D eigenvalue weighted by molar-refractivity contribution is 0.313. The van der Waals surface area contributed by atoms with E-state index in [1.807, 2.05) is 12.1 Å². The molecular formula is C15H24ClNO3S. The summed E-state index contributed by atoms with van der Waals surface area (Å²) >= 11 is 6.17. The number of sulfone groups is 1. The second-order valence-corrected chi connectivity index (χ2v) is 8.08. The van der Waals surface area contributed by atoms with E-state index in [1.165, 1.54) is 0 Å². The summed E-state index contributed by atoms with van der Waals surface area (Å²) in [7, 11) is -2.94. The number of halogens is 1. The minimum atomic E-state index is -2.94. The molecule has 21 heavy (non-hydrogen) atoms. The van der Waals surface area contributed by atoms with E-state index < -0.39 is 9.84 Å². The predicted molar refractivity (Wildman–Crippen MR) is 87.9 cm³/mol. The van der Waals surface area contributed by atoms with Crippen LogP contribution in [-0.4, -0.2) is 32.6 Å². The Morgan fingerprint density at radius 2 is 2.05 bits per heavy atom. The van der Waals surface area contributed by atoms with Crippen LogP contribution < -0.4 is 10.1 Å². The molecule has 0 fully saturated rings. The molecule has 0 radical (unpaired) electrons. The van der Waals surface area contributed by atoms with Crippen LogP contribution in [0.3, 0.4) is 0 Å². The van der Waals surface area contributed by atoms with Crippen molar-refractivity contribution in [2.75, 3.05) is 18.1 Å². The van der Waals surface area contributed by atoms with Gasteiger partial charge in [0.15, 0.2) is 0 Å². The summed E-state index contributed by atoms with van der Waals surface area (Å²) in [4.78, 5) is 0. The standard InChI is InChI=1S/C15H24ClNO3S/c1-4-21(18,19)10-6-9-20-15-13(11-17-12(2)3)7-5-8-14(15)16/h5,7-8,12,17H,4,6,9-11H2,1-3H3. The van der Waals surface area contributed by atoms with E-state index in [2.05, 4.69) is 19.2 Å². The minimum absolute atomic E-state index is 0.146. The summed E-state index contributed by atoms with van der Waals surface area (Å²) in [6, 6.07) is 5.98. The molecular weight excluding hydrogens is 310 g/mol. The van der Waals surface area contributed by atoms with E-state index >= 15 is 0 Å². The van der Waals surface area contributed by atoms with E-state index in [0.717, 1.165) is 5.56 Å². The number of benzene rings is 1. The summed E-state index contributed by atoms with van der Waals surface area (Å²) in [6.07, 6.45) is 0.471. The molecule has 1 rings (SSSR count). The van der Waals surface area contributed by atoms with Gasteiger partial charge >= 0.3 is 0 Å². The van der Waals surface area contributed by atoms with Crippen LogP contribution in [0.5, 0.6) is 5.75 Å². The zero-order valence-corrected chi connectivity index (χ0v) is 14.4. The highest BCUT2D eigenvalue weighted by molar-refractivity contribution is 7.91. The number of para-hydroxylation sites is 1. The van der Waals surface area contributed by atoms with Crippen LogP contribution in [0.15, 0.2) is 18.2 Å². The third-order valence-electron chi connectivity index (χ3n) is 3.04. The molecule has 0 bridgehead atoms. The molecule has 0 heterocycles. The Balaban J connectivity index is 2.61. The normalized spacial score (nSPS) is 11.9. The van der Waals surface area contributed by atoms with E-state index in [1.54, 1.807) is 13.0 Å². The molecule has 6 heteroatoms. The summed E-state index contributed by atoms with van der Waals surface area (Å²) in [5.74, 6) is 0.956. The molecule has 1 aromatic rings. The van der Waals surface area contributed by atoms with Crippen molar-refractivity contribution in [2.24, 2.45) is 0 Å². The van der Waals surface area contributed by atoms with Crippen molar-refractivity contribution in [3.05, 3.63) is 28.8 Å². The molecule has 0 aliphatic heterocycles. The molecule has 1 N–H and O–H groups in total. The monoisotopic (exact) mass is 333 g/mol. The first-order valence-corrected chi connectivity index (χ1v) is 9.39. The average molecular weight is 334 g/mol. The molecule has 0 unspecified atom stereocenters. The third-order valence-corrected chi connectivity index (χ3v) is 5.12. The fourth-order valence-electron chi connectivity index (χ4n) is 1.77. The van der Waals surface area contributed by atoms with Crippen molar-refractivity contribution in [1.29, 1.82) is 0 Å². The van der Waals surface area contributed by atoms with Gasteiger partial charge in [0.1, 0.15) is 15.6 Å². The van der Waals surface area contributed by atoms with Crippen molar-refractivity contribution in [3.8, 4) is 5.75 Å². The maximum atomic E-state index is 11.4. The molecule has 0 spiro atoms. The Hall–Kier alpha value is -0.780. The van der Waals surface area contributed by atoms with Gasteiger partial charge < -0.3 is 10.1 Å². The number of hydrogen-bond donors (Lipinski definition) is 1. The van der Waals surface area contributed by atoms with Crippen LogP contribution in [0.1, 0.15) is 32.8 Å². The van der Waals surface area contributed by atoms with Crippen LogP contribution in [-0.2, 0) is 16.4 Å². The largest absolute Gasteiger partial charge is 0.492 e. The molecule has 0 saturated carbocycles. The fourth-order valence-corrected chi connectivity index (χ4v) is 2.86. The van der Waals surface area contributed by atoms with Gasteiger partial charge in [0.25, 0.3) is 0 Å². The van der Waals surface area contributed by atoms with Crippen molar-refractivity contribution in [3.63, 3.8) is 0 Å². The third kappa shape index (κ3) is 6.68. The summed E-state index contributed by atoms with van der Waals surface area (Å²) in [5, 5.41) is 3.87. The van der Waals surface area contributed by atoms with Gasteiger partial charge in [-0.1, -0.05) is 44.5 Å². The first kappa shape index (κ1) is 18.3. The van der Waals surface area contributed by atoms with Gasteiger partial charge in [-0.2, -0.15) is 0 Å². The van der Waals surface area contributed by atoms with Gasteiger partial charge in [0.2, 0.25) is 0 Å². The van der Waals surface area contributed by atoms with Crippen LogP contribution >= 0.6 is 11.6 Å². The van der Waals surface area contributed by atoms with E-state index in [0.29, 0.717) is 36.4 Å². The molecule has 0 aromatic heterocycles. The van der Waals surface area contributed by atoms with Crippen LogP contribution in [0.25, 0.3) is 0 Å². The summed E-state index contributed by atoms with van der Waals surface area (Å²) in [5.41, 5.74) is 0.981. The van der Waals surface area contributed by atoms with Gasteiger partial charge in [0.05, 0.1) is 17.4 Å². The maximum Gasteiger partial charge on any atom is 0.150 e. The number of hydrogen-bond acceptors (Lipinski definition) is 4. The number of rotatable bonds is 9. The highest BCUT2D eigenvalue weighted by Crippen LogP contribution is 2.28. The van der Waals surface area contributed by atoms with Crippen molar-refractivity contribution in [1.82, 2.24) is 5.32 Å². The lowest BCUT2D eigenvalue weighted by Crippen LogP contribution is -2.22. The molecule has 4 nitrogen and oxygen atoms in total. The predicted octanol–water partition coefficient (Wildman–Crippen LogP) is 3.04. The fraction of sp³-hybridized carbons (Fsp3) is 0.600. The first-order chi connectivity index (χ1) is 9.85. The highest BCUT2D eigenvalue weighted by Gasteiger charge is 2.11. The number of ether oxygens (including phenoxy) is 1. The Bertz CT molecular complexity index is 544. The Kier molecular flexibility index (Phi) is 7.49. The SMILES string of the molecule is CCS(=O)(=O)CCCOc1c(Cl)cccc1CNC(C)C. The van der Waals surface area contributed by atoms with Crippen molar-refractivity contribution < 1.29 is 13.2 Å². The van der Waals surface area contributed by atoms with Crippen LogP contribution in [0, 0.1) is 0 Å². The topological polar surface area (TPSA) is 55.4 Å². The lowest BCUT2D eigenvalue weighted by Gasteiger charge is -2.15. The van der Waals surface area contributed by atoms with Crippen molar-refractivity contribution in [2.45, 2.75) is 39.8 Å². The molecule has 0 atom stereocenters. The molecule has 0 aliphatic carbocycles. The van der Waals surface area contributed by atoms with Crippen LogP contribution in [0.4, 0.5) is 0 Å². The Morgan fingerprint density at radius 1 is 1.33 bits per heavy atom. The second-order valence-electron chi connectivity index (χ2n) is 5.20. The lowest BCUT2D eigenvalue weighted by atomic mass is 10.2. The van der Waals surface area contributed by atoms with Gasteiger partial charge in [-0.05, 0) is 12.5 Å². The van der Waals surface area contributed by atoms with Crippen molar-refractivity contribution >= 4 is 21.4 Å². The second kappa shape index (κ2) is 8.61. The minimum Gasteiger partial charge on any atom is -0.492 e. The van der Waals surface area contributed by atoms with Gasteiger partial charge in [-0.25, -0.2) is 8.42 Å². The molecule has 0 aliphatic rings. The van der Waals surface area contributed by atoms with Gasteiger partial charge in [-0.15, -0.1) is 0 Å². The highest BCUT2D eigenvalue weighted by atomic mass is 35.5. The smallest absolute Gasteiger partial charge is 0.150 e. The van der Waals surface area contributed by atoms with E-state index in [4.69, 9.17) is 16.3 Å². The molecule has 0 amide bonds. The molecule has 120 valence electrons. The summed E-state index contributed by atoms with van der Waals surface area (Å²) < 4.78 is 28.6. The quantitative estimate of drug-likeness (QED) is 0.706. The first-order valence-electron chi connectivity index (χ1n) is 7.19. The van der Waals surface area contributed by atoms with Gasteiger partial charge in [-0.3, -0.25) is 0 Å². The average Bonchev–Trinajstić information content (AvgIpc) is 2.43. The Labute approximate surface area is 132 Å². The van der Waals surface area contributed by atoms with Gasteiger partial charge in [0, 0.05) is 23.9 Å². The number of nitrogens with one attached hydrogen (secondary N) is 1. The van der Waals surface area contributed by atoms with E-state index in [9.17, 15) is 8.42 Å². The van der Waals surface area contributed by atoms with Crippen LogP contribution in [0.2, 0.25) is 5.02 Å². The molecule has 0 saturated heterocycles. The zero-order chi connectivity index (χ0) is 15.9. The zero-order valence-electron chi connectivity index (χ0n) is 12.9. The maximum absolute atomic E-state index is 11.4. The Morgan fingerprint density at radius 3 is 2.67 bits per heavy atom. The summed E-state index contributed by atoms with van der Waals surface area (Å²) in [6.45, 7) is 6.81. The van der Waals surface area contributed by atoms with E-state index in [-0.39, 0.29) is 11.5 Å².